The molecule has 0 saturated heterocycles. The molecule has 0 aromatic heterocycles. The summed E-state index contributed by atoms with van der Waals surface area (Å²) in [6.07, 6.45) is 0. The summed E-state index contributed by atoms with van der Waals surface area (Å²) in [6, 6.07) is 8.04. The summed E-state index contributed by atoms with van der Waals surface area (Å²) in [4.78, 5) is 0. The summed E-state index contributed by atoms with van der Waals surface area (Å²) in [5.41, 5.74) is 1.26. The molecule has 0 unspecified atom stereocenters. The van der Waals surface area contributed by atoms with E-state index in [0.717, 1.165) is 12.3 Å². The smallest absolute Gasteiger partial charge is 0.139 e. The zero-order valence-electron chi connectivity index (χ0n) is 7.63. The van der Waals surface area contributed by atoms with Crippen molar-refractivity contribution >= 4 is 0 Å². The average molecular weight is 165 g/mol. The van der Waals surface area contributed by atoms with Crippen molar-refractivity contribution in [2.24, 2.45) is 0 Å². The molecule has 0 aliphatic carbocycles. The molecule has 0 aliphatic heterocycles. The Morgan fingerprint density at radius 2 is 1.92 bits per heavy atom. The van der Waals surface area contributed by atoms with Crippen LogP contribution in [0.25, 0.3) is 0 Å². The number of nitrogens with one attached hydrogen (secondary N) is 1. The Labute approximate surface area is 73.6 Å². The fraction of sp³-hybridized carbons (Fsp3) is 0.400. The van der Waals surface area contributed by atoms with E-state index < -0.39 is 0 Å². The number of rotatable bonds is 4. The first kappa shape index (κ1) is 9.07. The number of hydrogen-bond donors (Lipinski definition) is 1. The Morgan fingerprint density at radius 3 is 2.50 bits per heavy atom. The summed E-state index contributed by atoms with van der Waals surface area (Å²) < 4.78 is 5.39. The highest BCUT2D eigenvalue weighted by atomic mass is 16.5. The highest BCUT2D eigenvalue weighted by molar-refractivity contribution is 5.26. The van der Waals surface area contributed by atoms with Crippen LogP contribution in [-0.2, 0) is 0 Å². The van der Waals surface area contributed by atoms with Crippen molar-refractivity contribution in [3.8, 4) is 5.75 Å². The molecule has 0 bridgehead atoms. The van der Waals surface area contributed by atoms with Crippen LogP contribution < -0.4 is 10.1 Å². The van der Waals surface area contributed by atoms with Gasteiger partial charge < -0.3 is 4.74 Å². The van der Waals surface area contributed by atoms with Crippen LogP contribution >= 0.6 is 0 Å². The van der Waals surface area contributed by atoms with Crippen LogP contribution in [0, 0.1) is 6.92 Å². The van der Waals surface area contributed by atoms with E-state index in [1.54, 1.807) is 0 Å². The monoisotopic (exact) mass is 165 g/mol. The van der Waals surface area contributed by atoms with Gasteiger partial charge in [0.15, 0.2) is 0 Å². The number of benzene rings is 1. The highest BCUT2D eigenvalue weighted by Crippen LogP contribution is 2.10. The molecule has 1 aromatic rings. The fourth-order valence-corrected chi connectivity index (χ4v) is 0.871. The van der Waals surface area contributed by atoms with Crippen molar-refractivity contribution in [3.63, 3.8) is 0 Å². The molecule has 1 N–H and O–H groups in total. The van der Waals surface area contributed by atoms with Crippen molar-refractivity contribution in [2.45, 2.75) is 13.8 Å². The SMILES string of the molecule is CCNCOc1ccc(C)cc1. The molecule has 1 aromatic carbocycles. The average Bonchev–Trinajstić information content (AvgIpc) is 2.09. The molecular weight excluding hydrogens is 150 g/mol. The summed E-state index contributed by atoms with van der Waals surface area (Å²) in [5.74, 6) is 0.918. The summed E-state index contributed by atoms with van der Waals surface area (Å²) in [5, 5.41) is 3.09. The molecule has 66 valence electrons. The first-order valence-corrected chi connectivity index (χ1v) is 4.23. The Balaban J connectivity index is 2.37. The molecule has 0 saturated carbocycles. The van der Waals surface area contributed by atoms with E-state index in [9.17, 15) is 0 Å². The number of hydrogen-bond acceptors (Lipinski definition) is 2. The molecule has 0 spiro atoms. The van der Waals surface area contributed by atoms with Crippen molar-refractivity contribution in [2.75, 3.05) is 13.3 Å². The van der Waals surface area contributed by atoms with Crippen molar-refractivity contribution < 1.29 is 4.74 Å². The minimum atomic E-state index is 0.583. The summed E-state index contributed by atoms with van der Waals surface area (Å²) >= 11 is 0. The molecular formula is C10H15NO. The Bertz CT molecular complexity index is 218. The number of ether oxygens (including phenoxy) is 1. The third-order valence-electron chi connectivity index (χ3n) is 1.61. The Hall–Kier alpha value is -1.02. The quantitative estimate of drug-likeness (QED) is 0.544. The normalized spacial score (nSPS) is 9.83. The maximum absolute atomic E-state index is 5.39. The van der Waals surface area contributed by atoms with Gasteiger partial charge in [0, 0.05) is 0 Å². The number of aryl methyl sites for hydroxylation is 1. The molecule has 0 radical (unpaired) electrons. The van der Waals surface area contributed by atoms with Gasteiger partial charge in [-0.2, -0.15) is 0 Å². The molecule has 0 atom stereocenters. The Kier molecular flexibility index (Phi) is 3.61. The van der Waals surface area contributed by atoms with E-state index in [2.05, 4.69) is 19.2 Å². The lowest BCUT2D eigenvalue weighted by atomic mass is 10.2. The lowest BCUT2D eigenvalue weighted by Crippen LogP contribution is -2.19. The van der Waals surface area contributed by atoms with Gasteiger partial charge in [0.05, 0.1) is 0 Å². The van der Waals surface area contributed by atoms with E-state index in [1.165, 1.54) is 5.56 Å². The van der Waals surface area contributed by atoms with Gasteiger partial charge in [0.2, 0.25) is 0 Å². The first-order valence-electron chi connectivity index (χ1n) is 4.23. The van der Waals surface area contributed by atoms with Crippen molar-refractivity contribution in [1.82, 2.24) is 5.32 Å². The van der Waals surface area contributed by atoms with E-state index in [-0.39, 0.29) is 0 Å². The topological polar surface area (TPSA) is 21.3 Å². The maximum Gasteiger partial charge on any atom is 0.139 e. The molecule has 0 amide bonds. The van der Waals surface area contributed by atoms with Gasteiger partial charge in [-0.15, -0.1) is 0 Å². The molecule has 0 fully saturated rings. The molecule has 2 nitrogen and oxygen atoms in total. The second-order valence-corrected chi connectivity index (χ2v) is 2.71. The molecule has 1 rings (SSSR count). The second-order valence-electron chi connectivity index (χ2n) is 2.71. The predicted molar refractivity (Wildman–Crippen MR) is 50.4 cm³/mol. The zero-order valence-corrected chi connectivity index (χ0v) is 7.63. The standard InChI is InChI=1S/C10H15NO/c1-3-11-8-12-10-6-4-9(2)5-7-10/h4-7,11H,3,8H2,1-2H3. The third kappa shape index (κ3) is 2.93. The van der Waals surface area contributed by atoms with E-state index in [4.69, 9.17) is 4.74 Å². The largest absolute Gasteiger partial charge is 0.478 e. The molecule has 0 heterocycles. The highest BCUT2D eigenvalue weighted by Gasteiger charge is 1.90. The van der Waals surface area contributed by atoms with E-state index >= 15 is 0 Å². The van der Waals surface area contributed by atoms with Crippen LogP contribution in [0.15, 0.2) is 24.3 Å². The third-order valence-corrected chi connectivity index (χ3v) is 1.61. The van der Waals surface area contributed by atoms with Gasteiger partial charge in [0.25, 0.3) is 0 Å². The van der Waals surface area contributed by atoms with Gasteiger partial charge >= 0.3 is 0 Å². The minimum absolute atomic E-state index is 0.583. The molecule has 2 heteroatoms. The summed E-state index contributed by atoms with van der Waals surface area (Å²) in [6.45, 7) is 5.64. The van der Waals surface area contributed by atoms with Gasteiger partial charge in [-0.25, -0.2) is 0 Å². The Morgan fingerprint density at radius 1 is 1.25 bits per heavy atom. The second kappa shape index (κ2) is 4.78. The van der Waals surface area contributed by atoms with Crippen LogP contribution in [0.3, 0.4) is 0 Å². The summed E-state index contributed by atoms with van der Waals surface area (Å²) in [7, 11) is 0. The maximum atomic E-state index is 5.39. The van der Waals surface area contributed by atoms with Gasteiger partial charge in [-0.1, -0.05) is 24.6 Å². The first-order chi connectivity index (χ1) is 5.83. The predicted octanol–water partition coefficient (Wildman–Crippen LogP) is 1.94. The van der Waals surface area contributed by atoms with E-state index in [1.807, 2.05) is 24.3 Å². The fourth-order valence-electron chi connectivity index (χ4n) is 0.871. The van der Waals surface area contributed by atoms with Gasteiger partial charge in [0.1, 0.15) is 12.5 Å². The van der Waals surface area contributed by atoms with E-state index in [0.29, 0.717) is 6.73 Å². The van der Waals surface area contributed by atoms with Crippen LogP contribution in [0.5, 0.6) is 5.75 Å². The van der Waals surface area contributed by atoms with Gasteiger partial charge in [-0.3, -0.25) is 5.32 Å². The lowest BCUT2D eigenvalue weighted by molar-refractivity contribution is 0.287. The lowest BCUT2D eigenvalue weighted by Gasteiger charge is -2.05. The van der Waals surface area contributed by atoms with Crippen LogP contribution in [0.2, 0.25) is 0 Å². The molecule has 0 aliphatic rings. The van der Waals surface area contributed by atoms with Crippen molar-refractivity contribution in [3.05, 3.63) is 29.8 Å². The zero-order chi connectivity index (χ0) is 8.81. The van der Waals surface area contributed by atoms with Crippen LogP contribution in [-0.4, -0.2) is 13.3 Å². The van der Waals surface area contributed by atoms with Crippen molar-refractivity contribution in [1.29, 1.82) is 0 Å². The van der Waals surface area contributed by atoms with Crippen LogP contribution in [0.4, 0.5) is 0 Å². The van der Waals surface area contributed by atoms with Crippen LogP contribution in [0.1, 0.15) is 12.5 Å². The minimum Gasteiger partial charge on any atom is -0.478 e. The van der Waals surface area contributed by atoms with Gasteiger partial charge in [-0.05, 0) is 25.6 Å². The molecule has 12 heavy (non-hydrogen) atoms.